The molecule has 0 aliphatic carbocycles. The molecule has 1 fully saturated rings. The predicted octanol–water partition coefficient (Wildman–Crippen LogP) is 4.29. The molecule has 194 valence electrons. The molecular weight excluding hydrogens is 512 g/mol. The lowest BCUT2D eigenvalue weighted by Gasteiger charge is -2.23. The number of aromatic nitrogens is 3. The summed E-state index contributed by atoms with van der Waals surface area (Å²) in [6, 6.07) is 5.61. The molecule has 1 saturated heterocycles. The van der Waals surface area contributed by atoms with E-state index in [0.29, 0.717) is 42.0 Å². The summed E-state index contributed by atoms with van der Waals surface area (Å²) >= 11 is 8.05. The summed E-state index contributed by atoms with van der Waals surface area (Å²) in [7, 11) is 0. The fraction of sp³-hybridized carbons (Fsp3) is 0.423. The minimum atomic E-state index is -0.229. The Balaban J connectivity index is 1.27. The smallest absolute Gasteiger partial charge is 0.254 e. The Kier molecular flexibility index (Phi) is 7.41. The Morgan fingerprint density at radius 3 is 2.78 bits per heavy atom. The van der Waals surface area contributed by atoms with Crippen LogP contribution in [0, 0.1) is 13.8 Å². The van der Waals surface area contributed by atoms with Gasteiger partial charge in [-0.05, 0) is 45.2 Å². The van der Waals surface area contributed by atoms with Crippen molar-refractivity contribution in [2.45, 2.75) is 52.2 Å². The van der Waals surface area contributed by atoms with Crippen LogP contribution in [-0.4, -0.2) is 57.5 Å². The van der Waals surface area contributed by atoms with Crippen LogP contribution in [0.5, 0.6) is 0 Å². The number of nitrogens with zero attached hydrogens (tertiary/aromatic N) is 4. The summed E-state index contributed by atoms with van der Waals surface area (Å²) in [6.07, 6.45) is 3.35. The number of halogens is 1. The van der Waals surface area contributed by atoms with Crippen molar-refractivity contribution in [2.75, 3.05) is 25.1 Å². The number of fused-ring (bicyclic) bond motifs is 1. The molecule has 1 atom stereocenters. The van der Waals surface area contributed by atoms with Crippen LogP contribution in [0.4, 0.5) is 5.95 Å². The maximum absolute atomic E-state index is 13.2. The fourth-order valence-electron chi connectivity index (χ4n) is 4.78. The van der Waals surface area contributed by atoms with Gasteiger partial charge < -0.3 is 20.3 Å². The van der Waals surface area contributed by atoms with E-state index in [2.05, 4.69) is 25.6 Å². The van der Waals surface area contributed by atoms with Crippen molar-refractivity contribution in [3.63, 3.8) is 0 Å². The molecular formula is C26H29ClN6O3S. The summed E-state index contributed by atoms with van der Waals surface area (Å²) in [4.78, 5) is 42.1. The summed E-state index contributed by atoms with van der Waals surface area (Å²) in [6.45, 7) is 7.62. The van der Waals surface area contributed by atoms with E-state index in [1.165, 1.54) is 0 Å². The largest absolute Gasteiger partial charge is 0.381 e. The Bertz CT molecular complexity index is 1340. The highest BCUT2D eigenvalue weighted by atomic mass is 35.5. The third kappa shape index (κ3) is 5.61. The topological polar surface area (TPSA) is 109 Å². The highest BCUT2D eigenvalue weighted by Crippen LogP contribution is 2.32. The van der Waals surface area contributed by atoms with Crippen molar-refractivity contribution in [1.29, 1.82) is 0 Å². The highest BCUT2D eigenvalue weighted by Gasteiger charge is 2.30. The molecule has 2 aliphatic rings. The van der Waals surface area contributed by atoms with Gasteiger partial charge in [0.1, 0.15) is 6.54 Å². The number of benzene rings is 1. The molecule has 0 radical (unpaired) electrons. The van der Waals surface area contributed by atoms with Crippen molar-refractivity contribution in [1.82, 2.24) is 25.2 Å². The molecule has 2 N–H and O–H groups in total. The van der Waals surface area contributed by atoms with Crippen LogP contribution in [-0.2, 0) is 16.1 Å². The van der Waals surface area contributed by atoms with Gasteiger partial charge in [0.15, 0.2) is 0 Å². The first kappa shape index (κ1) is 25.6. The van der Waals surface area contributed by atoms with Crippen LogP contribution in [0.1, 0.15) is 57.3 Å². The number of ether oxygens (including phenoxy) is 1. The number of carbonyl (C=O) groups excluding carboxylic acids is 2. The van der Waals surface area contributed by atoms with Gasteiger partial charge in [-0.3, -0.25) is 9.59 Å². The Hall–Kier alpha value is -3.08. The summed E-state index contributed by atoms with van der Waals surface area (Å²) < 4.78 is 5.41. The number of anilines is 1. The SMILES string of the molecule is Cc1nc(C(C)NC(=O)CN2Cc3ccc(-c4nc(NC5CCOCC5)ncc4Cl)cc3C2=O)c(C)s1. The van der Waals surface area contributed by atoms with Crippen LogP contribution in [0.2, 0.25) is 5.02 Å². The average Bonchev–Trinajstić information content (AvgIpc) is 3.38. The van der Waals surface area contributed by atoms with E-state index in [0.717, 1.165) is 39.5 Å². The molecule has 37 heavy (non-hydrogen) atoms. The molecule has 3 aromatic rings. The van der Waals surface area contributed by atoms with Crippen molar-refractivity contribution in [3.8, 4) is 11.3 Å². The maximum atomic E-state index is 13.2. The van der Waals surface area contributed by atoms with E-state index in [1.807, 2.05) is 32.9 Å². The zero-order valence-corrected chi connectivity index (χ0v) is 22.6. The van der Waals surface area contributed by atoms with Gasteiger partial charge >= 0.3 is 0 Å². The molecule has 0 saturated carbocycles. The van der Waals surface area contributed by atoms with Gasteiger partial charge in [0.05, 0.1) is 33.7 Å². The van der Waals surface area contributed by atoms with Crippen LogP contribution < -0.4 is 10.6 Å². The number of hydrogen-bond donors (Lipinski definition) is 2. The quantitative estimate of drug-likeness (QED) is 0.460. The van der Waals surface area contributed by atoms with Gasteiger partial charge in [-0.2, -0.15) is 0 Å². The first-order chi connectivity index (χ1) is 17.8. The molecule has 2 amide bonds. The first-order valence-electron chi connectivity index (χ1n) is 12.3. The van der Waals surface area contributed by atoms with Crippen molar-refractivity contribution >= 4 is 40.7 Å². The minimum Gasteiger partial charge on any atom is -0.381 e. The molecule has 1 unspecified atom stereocenters. The van der Waals surface area contributed by atoms with Gasteiger partial charge in [-0.1, -0.05) is 23.7 Å². The van der Waals surface area contributed by atoms with Gasteiger partial charge in [0, 0.05) is 41.8 Å². The van der Waals surface area contributed by atoms with E-state index < -0.39 is 0 Å². The van der Waals surface area contributed by atoms with Gasteiger partial charge in [-0.25, -0.2) is 15.0 Å². The number of hydrogen-bond acceptors (Lipinski definition) is 8. The Morgan fingerprint density at radius 2 is 2.05 bits per heavy atom. The van der Waals surface area contributed by atoms with Gasteiger partial charge in [0.25, 0.3) is 5.91 Å². The number of rotatable bonds is 7. The molecule has 9 nitrogen and oxygen atoms in total. The predicted molar refractivity (Wildman–Crippen MR) is 143 cm³/mol. The number of aryl methyl sites for hydroxylation is 2. The summed E-state index contributed by atoms with van der Waals surface area (Å²) in [5.74, 6) is 0.0868. The van der Waals surface area contributed by atoms with E-state index in [-0.39, 0.29) is 30.4 Å². The van der Waals surface area contributed by atoms with Crippen LogP contribution in [0.3, 0.4) is 0 Å². The van der Waals surface area contributed by atoms with Gasteiger partial charge in [0.2, 0.25) is 11.9 Å². The molecule has 1 aromatic carbocycles. The summed E-state index contributed by atoms with van der Waals surface area (Å²) in [5.41, 5.74) is 3.57. The fourth-order valence-corrected chi connectivity index (χ4v) is 5.89. The van der Waals surface area contributed by atoms with Gasteiger partial charge in [-0.15, -0.1) is 11.3 Å². The maximum Gasteiger partial charge on any atom is 0.254 e. The third-order valence-electron chi connectivity index (χ3n) is 6.62. The van der Waals surface area contributed by atoms with Crippen molar-refractivity contribution in [3.05, 3.63) is 56.1 Å². The molecule has 5 rings (SSSR count). The number of nitrogens with one attached hydrogen (secondary N) is 2. The monoisotopic (exact) mass is 540 g/mol. The van der Waals surface area contributed by atoms with Crippen LogP contribution in [0.25, 0.3) is 11.3 Å². The zero-order valence-electron chi connectivity index (χ0n) is 21.0. The Morgan fingerprint density at radius 1 is 1.27 bits per heavy atom. The lowest BCUT2D eigenvalue weighted by molar-refractivity contribution is -0.122. The third-order valence-corrected chi connectivity index (χ3v) is 7.80. The highest BCUT2D eigenvalue weighted by molar-refractivity contribution is 7.11. The molecule has 2 aliphatic heterocycles. The standard InChI is InChI=1S/C26H29ClN6O3S/c1-14(23-15(2)37-16(3)30-23)29-22(34)13-33-12-18-5-4-17(10-20(18)25(33)35)24-21(27)11-28-26(32-24)31-19-6-8-36-9-7-19/h4-5,10-11,14,19H,6-9,12-13H2,1-3H3,(H,29,34)(H,28,31,32). The number of carbonyl (C=O) groups is 2. The molecule has 4 heterocycles. The number of thiazole rings is 1. The normalized spacial score (nSPS) is 16.5. The Labute approximate surface area is 224 Å². The van der Waals surface area contributed by atoms with E-state index in [4.69, 9.17) is 16.3 Å². The first-order valence-corrected chi connectivity index (χ1v) is 13.5. The molecule has 2 aromatic heterocycles. The lowest BCUT2D eigenvalue weighted by Crippen LogP contribution is -2.38. The molecule has 0 bridgehead atoms. The molecule has 0 spiro atoms. The van der Waals surface area contributed by atoms with Crippen molar-refractivity contribution < 1.29 is 14.3 Å². The van der Waals surface area contributed by atoms with Crippen molar-refractivity contribution in [2.24, 2.45) is 0 Å². The molecule has 11 heteroatoms. The second-order valence-electron chi connectivity index (χ2n) is 9.42. The van der Waals surface area contributed by atoms with E-state index in [9.17, 15) is 9.59 Å². The summed E-state index contributed by atoms with van der Waals surface area (Å²) in [5, 5.41) is 7.69. The lowest BCUT2D eigenvalue weighted by atomic mass is 10.0. The van der Waals surface area contributed by atoms with Crippen LogP contribution >= 0.6 is 22.9 Å². The second-order valence-corrected chi connectivity index (χ2v) is 11.2. The second kappa shape index (κ2) is 10.7. The minimum absolute atomic E-state index is 0.0250. The average molecular weight is 541 g/mol. The zero-order chi connectivity index (χ0) is 26.1. The van der Waals surface area contributed by atoms with E-state index >= 15 is 0 Å². The van der Waals surface area contributed by atoms with Crippen LogP contribution in [0.15, 0.2) is 24.4 Å². The number of amides is 2. The van der Waals surface area contributed by atoms with E-state index in [1.54, 1.807) is 28.5 Å².